The summed E-state index contributed by atoms with van der Waals surface area (Å²) < 4.78 is 21.4. The third kappa shape index (κ3) is 3.65. The lowest BCUT2D eigenvalue weighted by atomic mass is 9.69. The van der Waals surface area contributed by atoms with Crippen molar-refractivity contribution in [2.45, 2.75) is 32.6 Å². The summed E-state index contributed by atoms with van der Waals surface area (Å²) in [7, 11) is 3.25. The van der Waals surface area contributed by atoms with Gasteiger partial charge < -0.3 is 18.9 Å². The van der Waals surface area contributed by atoms with E-state index in [0.717, 1.165) is 25.7 Å². The summed E-state index contributed by atoms with van der Waals surface area (Å²) in [6.07, 6.45) is 3.79. The van der Waals surface area contributed by atoms with Crippen molar-refractivity contribution in [3.63, 3.8) is 0 Å². The van der Waals surface area contributed by atoms with Crippen molar-refractivity contribution in [3.05, 3.63) is 0 Å². The van der Waals surface area contributed by atoms with E-state index in [2.05, 4.69) is 6.92 Å². The van der Waals surface area contributed by atoms with E-state index in [4.69, 9.17) is 18.9 Å². The van der Waals surface area contributed by atoms with Crippen molar-refractivity contribution in [2.24, 2.45) is 23.2 Å². The molecule has 0 N–H and O–H groups in total. The second kappa shape index (κ2) is 7.68. The van der Waals surface area contributed by atoms with Crippen molar-refractivity contribution in [1.82, 2.24) is 0 Å². The van der Waals surface area contributed by atoms with Crippen LogP contribution in [-0.4, -0.2) is 46.8 Å². The van der Waals surface area contributed by atoms with E-state index in [-0.39, 0.29) is 24.9 Å². The van der Waals surface area contributed by atoms with E-state index in [1.165, 1.54) is 0 Å². The average molecular weight is 300 g/mol. The molecule has 0 aliphatic heterocycles. The highest BCUT2D eigenvalue weighted by atomic mass is 16.7. The number of hydrogen-bond acceptors (Lipinski definition) is 5. The number of carbonyl (C=O) groups is 1. The molecule has 122 valence electrons. The molecule has 2 saturated carbocycles. The second-order valence-corrected chi connectivity index (χ2v) is 6.54. The molecular weight excluding hydrogens is 272 g/mol. The van der Waals surface area contributed by atoms with E-state index in [1.807, 2.05) is 0 Å². The fourth-order valence-electron chi connectivity index (χ4n) is 4.42. The van der Waals surface area contributed by atoms with Crippen LogP contribution >= 0.6 is 0 Å². The van der Waals surface area contributed by atoms with Gasteiger partial charge in [-0.15, -0.1) is 0 Å². The van der Waals surface area contributed by atoms with Gasteiger partial charge in [-0.05, 0) is 31.1 Å². The summed E-state index contributed by atoms with van der Waals surface area (Å²) in [5.74, 6) is 1.37. The van der Waals surface area contributed by atoms with Crippen molar-refractivity contribution < 1.29 is 23.7 Å². The topological polar surface area (TPSA) is 54.0 Å². The molecule has 2 rings (SSSR count). The molecule has 0 unspecified atom stereocenters. The molecule has 0 amide bonds. The largest absolute Gasteiger partial charge is 0.359 e. The van der Waals surface area contributed by atoms with E-state index in [0.29, 0.717) is 30.8 Å². The Morgan fingerprint density at radius 1 is 1.14 bits per heavy atom. The number of ether oxygens (including phenoxy) is 4. The highest BCUT2D eigenvalue weighted by Crippen LogP contribution is 2.55. The average Bonchev–Trinajstić information content (AvgIpc) is 2.74. The zero-order valence-electron chi connectivity index (χ0n) is 13.4. The van der Waals surface area contributed by atoms with Crippen LogP contribution in [0.4, 0.5) is 0 Å². The lowest BCUT2D eigenvalue weighted by Crippen LogP contribution is -2.41. The van der Waals surface area contributed by atoms with E-state index >= 15 is 0 Å². The summed E-state index contributed by atoms with van der Waals surface area (Å²) in [5, 5.41) is 0. The number of hydrogen-bond donors (Lipinski definition) is 0. The van der Waals surface area contributed by atoms with Gasteiger partial charge >= 0.3 is 0 Å². The van der Waals surface area contributed by atoms with Gasteiger partial charge in [-0.1, -0.05) is 6.92 Å². The van der Waals surface area contributed by atoms with Crippen molar-refractivity contribution in [3.8, 4) is 0 Å². The van der Waals surface area contributed by atoms with Crippen LogP contribution in [0.15, 0.2) is 0 Å². The predicted molar refractivity (Wildman–Crippen MR) is 77.7 cm³/mol. The molecular formula is C16H28O5. The Bertz CT molecular complexity index is 334. The molecule has 0 radical (unpaired) electrons. The Morgan fingerprint density at radius 2 is 1.76 bits per heavy atom. The molecule has 0 saturated heterocycles. The van der Waals surface area contributed by atoms with Crippen LogP contribution in [-0.2, 0) is 23.7 Å². The molecule has 0 heterocycles. The van der Waals surface area contributed by atoms with Gasteiger partial charge in [0.2, 0.25) is 0 Å². The van der Waals surface area contributed by atoms with E-state index in [1.54, 1.807) is 14.2 Å². The van der Waals surface area contributed by atoms with Gasteiger partial charge in [0.25, 0.3) is 0 Å². The van der Waals surface area contributed by atoms with Gasteiger partial charge in [0, 0.05) is 32.0 Å². The second-order valence-electron chi connectivity index (χ2n) is 6.54. The van der Waals surface area contributed by atoms with E-state index in [9.17, 15) is 4.79 Å². The van der Waals surface area contributed by atoms with Crippen LogP contribution in [0.3, 0.4) is 0 Å². The third-order valence-electron chi connectivity index (χ3n) is 5.05. The van der Waals surface area contributed by atoms with Crippen LogP contribution in [0.1, 0.15) is 32.6 Å². The summed E-state index contributed by atoms with van der Waals surface area (Å²) in [6.45, 7) is 3.93. The van der Waals surface area contributed by atoms with Crippen LogP contribution in [0.25, 0.3) is 0 Å². The number of fused-ring (bicyclic) bond motifs is 1. The molecule has 21 heavy (non-hydrogen) atoms. The maximum Gasteiger partial charge on any atom is 0.146 e. The predicted octanol–water partition coefficient (Wildman–Crippen LogP) is 2.24. The van der Waals surface area contributed by atoms with Crippen LogP contribution in [0.5, 0.6) is 0 Å². The molecule has 0 spiro atoms. The lowest BCUT2D eigenvalue weighted by molar-refractivity contribution is -0.137. The standard InChI is InChI=1S/C16H28O5/c1-12-7-16(8-20-10-18-2,9-21-11-19-3)13-5-4-6-14(17)15(12)13/h12-13,15H,4-11H2,1-3H3/t12-,13-,15+/m0/s1. The molecule has 0 aromatic heterocycles. The number of ketones is 1. The third-order valence-corrected chi connectivity index (χ3v) is 5.05. The maximum atomic E-state index is 12.3. The van der Waals surface area contributed by atoms with Gasteiger partial charge in [-0.25, -0.2) is 0 Å². The fraction of sp³-hybridized carbons (Fsp3) is 0.938. The zero-order valence-corrected chi connectivity index (χ0v) is 13.4. The smallest absolute Gasteiger partial charge is 0.146 e. The van der Waals surface area contributed by atoms with Gasteiger partial charge in [-0.2, -0.15) is 0 Å². The molecule has 0 bridgehead atoms. The minimum absolute atomic E-state index is 0.0861. The Morgan fingerprint density at radius 3 is 2.33 bits per heavy atom. The van der Waals surface area contributed by atoms with Gasteiger partial charge in [0.1, 0.15) is 19.4 Å². The Labute approximate surface area is 127 Å². The quantitative estimate of drug-likeness (QED) is 0.508. The summed E-state index contributed by atoms with van der Waals surface area (Å²) in [4.78, 5) is 12.3. The number of carbonyl (C=O) groups excluding carboxylic acids is 1. The molecule has 2 aliphatic rings. The van der Waals surface area contributed by atoms with Crippen LogP contribution < -0.4 is 0 Å². The lowest BCUT2D eigenvalue weighted by Gasteiger charge is -2.38. The first kappa shape index (κ1) is 16.9. The molecule has 0 aromatic carbocycles. The molecule has 5 nitrogen and oxygen atoms in total. The number of rotatable bonds is 8. The van der Waals surface area contributed by atoms with Gasteiger partial charge in [0.05, 0.1) is 13.2 Å². The van der Waals surface area contributed by atoms with Crippen LogP contribution in [0.2, 0.25) is 0 Å². The summed E-state index contributed by atoms with van der Waals surface area (Å²) >= 11 is 0. The number of methoxy groups -OCH3 is 2. The summed E-state index contributed by atoms with van der Waals surface area (Å²) in [5.41, 5.74) is -0.0861. The van der Waals surface area contributed by atoms with Gasteiger partial charge in [-0.3, -0.25) is 4.79 Å². The fourth-order valence-corrected chi connectivity index (χ4v) is 4.42. The molecule has 2 aliphatic carbocycles. The first-order valence-corrected chi connectivity index (χ1v) is 7.80. The van der Waals surface area contributed by atoms with Crippen molar-refractivity contribution >= 4 is 5.78 Å². The Kier molecular flexibility index (Phi) is 6.17. The monoisotopic (exact) mass is 300 g/mol. The maximum absolute atomic E-state index is 12.3. The molecule has 2 fully saturated rings. The Balaban J connectivity index is 2.11. The minimum Gasteiger partial charge on any atom is -0.359 e. The molecule has 0 aromatic rings. The first-order chi connectivity index (χ1) is 10.1. The first-order valence-electron chi connectivity index (χ1n) is 7.80. The molecule has 5 heteroatoms. The van der Waals surface area contributed by atoms with Gasteiger partial charge in [0.15, 0.2) is 0 Å². The normalized spacial score (nSPS) is 31.4. The summed E-state index contributed by atoms with van der Waals surface area (Å²) in [6, 6.07) is 0. The minimum atomic E-state index is -0.0861. The van der Waals surface area contributed by atoms with Crippen LogP contribution in [0, 0.1) is 23.2 Å². The van der Waals surface area contributed by atoms with Crippen molar-refractivity contribution in [1.29, 1.82) is 0 Å². The highest BCUT2D eigenvalue weighted by molar-refractivity contribution is 5.82. The van der Waals surface area contributed by atoms with E-state index < -0.39 is 0 Å². The zero-order chi connectivity index (χ0) is 15.3. The SMILES string of the molecule is COCOCC1(COCOC)C[C@H](C)[C@H]2C(=O)CCC[C@@H]21. The Hall–Kier alpha value is -0.490. The highest BCUT2D eigenvalue weighted by Gasteiger charge is 2.55. The number of Topliss-reactive ketones (excluding diaryl/α,β-unsaturated/α-hetero) is 1. The van der Waals surface area contributed by atoms with Crippen molar-refractivity contribution in [2.75, 3.05) is 41.0 Å². The molecule has 3 atom stereocenters.